The van der Waals surface area contributed by atoms with E-state index in [2.05, 4.69) is 39.6 Å². The third-order valence-corrected chi connectivity index (χ3v) is 5.38. The van der Waals surface area contributed by atoms with Crippen LogP contribution in [0.3, 0.4) is 0 Å². The summed E-state index contributed by atoms with van der Waals surface area (Å²) in [5.74, 6) is -0.427. The van der Waals surface area contributed by atoms with Gasteiger partial charge in [-0.2, -0.15) is 0 Å². The van der Waals surface area contributed by atoms with Crippen LogP contribution in [0, 0.1) is 34.6 Å². The molecule has 0 aliphatic heterocycles. The molecule has 2 heterocycles. The van der Waals surface area contributed by atoms with Crippen LogP contribution in [0.4, 0.5) is 0 Å². The molecule has 1 aromatic carbocycles. The van der Waals surface area contributed by atoms with Gasteiger partial charge in [-0.25, -0.2) is 4.98 Å². The van der Waals surface area contributed by atoms with Crippen molar-refractivity contribution in [2.45, 2.75) is 41.2 Å². The Kier molecular flexibility index (Phi) is 3.91. The zero-order valence-corrected chi connectivity index (χ0v) is 14.9. The number of hydrogen-bond acceptors (Lipinski definition) is 2. The highest BCUT2D eigenvalue weighted by atomic mass is 16.1. The number of benzene rings is 1. The van der Waals surface area contributed by atoms with Crippen molar-refractivity contribution in [2.75, 3.05) is 0 Å². The number of carbonyl (C=O) groups is 1. The Bertz CT molecular complexity index is 938. The predicted octanol–water partition coefficient (Wildman–Crippen LogP) is 3.73. The molecule has 0 fully saturated rings. The zero-order chi connectivity index (χ0) is 17.6. The van der Waals surface area contributed by atoms with Gasteiger partial charge in [0.15, 0.2) is 0 Å². The van der Waals surface area contributed by atoms with Gasteiger partial charge in [-0.1, -0.05) is 0 Å². The molecule has 0 saturated carbocycles. The minimum atomic E-state index is -0.427. The quantitative estimate of drug-likeness (QED) is 0.799. The molecule has 3 aromatic rings. The lowest BCUT2D eigenvalue weighted by molar-refractivity contribution is 0.0992. The van der Waals surface area contributed by atoms with Gasteiger partial charge in [0.25, 0.3) is 5.91 Å². The number of carbonyl (C=O) groups excluding carboxylic acids is 1. The van der Waals surface area contributed by atoms with E-state index in [0.717, 1.165) is 11.0 Å². The van der Waals surface area contributed by atoms with Crippen molar-refractivity contribution in [3.8, 4) is 0 Å². The van der Waals surface area contributed by atoms with Gasteiger partial charge in [-0.3, -0.25) is 4.79 Å². The number of nitrogens with two attached hydrogens (primary N) is 1. The molecule has 3 rings (SSSR count). The number of rotatable bonds is 3. The highest BCUT2D eigenvalue weighted by molar-refractivity contribution is 5.97. The fourth-order valence-electron chi connectivity index (χ4n) is 3.42. The van der Waals surface area contributed by atoms with Crippen LogP contribution in [-0.2, 0) is 6.54 Å². The summed E-state index contributed by atoms with van der Waals surface area (Å²) in [6.07, 6.45) is 1.75. The number of primary amides is 1. The Balaban J connectivity index is 2.25. The summed E-state index contributed by atoms with van der Waals surface area (Å²) in [6.45, 7) is 11.4. The Morgan fingerprint density at radius 1 is 1.04 bits per heavy atom. The molecule has 0 aliphatic rings. The van der Waals surface area contributed by atoms with Crippen molar-refractivity contribution >= 4 is 16.9 Å². The maximum absolute atomic E-state index is 11.9. The normalized spacial score (nSPS) is 11.2. The lowest BCUT2D eigenvalue weighted by Crippen LogP contribution is -2.18. The Morgan fingerprint density at radius 2 is 1.62 bits per heavy atom. The van der Waals surface area contributed by atoms with E-state index < -0.39 is 5.91 Å². The molecular formula is C20H23N3O. The van der Waals surface area contributed by atoms with Crippen molar-refractivity contribution in [2.24, 2.45) is 5.73 Å². The van der Waals surface area contributed by atoms with Gasteiger partial charge in [0, 0.05) is 11.6 Å². The first-order chi connectivity index (χ1) is 11.3. The highest BCUT2D eigenvalue weighted by Crippen LogP contribution is 2.28. The SMILES string of the molecule is Cc1c(C)c(C)c(Cn2c(C(N)=O)cc3cccnc32)c(C)c1C. The fourth-order valence-corrected chi connectivity index (χ4v) is 3.42. The van der Waals surface area contributed by atoms with E-state index in [9.17, 15) is 4.79 Å². The zero-order valence-electron chi connectivity index (χ0n) is 14.9. The summed E-state index contributed by atoms with van der Waals surface area (Å²) in [5, 5.41) is 0.933. The molecular weight excluding hydrogens is 298 g/mol. The molecule has 0 radical (unpaired) electrons. The van der Waals surface area contributed by atoms with Crippen LogP contribution in [0.15, 0.2) is 24.4 Å². The molecule has 124 valence electrons. The van der Waals surface area contributed by atoms with Gasteiger partial charge in [0.1, 0.15) is 11.3 Å². The molecule has 24 heavy (non-hydrogen) atoms. The molecule has 0 spiro atoms. The van der Waals surface area contributed by atoms with Gasteiger partial charge in [0.05, 0.1) is 6.54 Å². The van der Waals surface area contributed by atoms with Crippen LogP contribution in [0.5, 0.6) is 0 Å². The van der Waals surface area contributed by atoms with Crippen LogP contribution < -0.4 is 5.73 Å². The first-order valence-electron chi connectivity index (χ1n) is 8.12. The van der Waals surface area contributed by atoms with E-state index in [1.165, 1.54) is 33.4 Å². The smallest absolute Gasteiger partial charge is 0.265 e. The molecule has 0 saturated heterocycles. The molecule has 4 nitrogen and oxygen atoms in total. The van der Waals surface area contributed by atoms with Crippen LogP contribution >= 0.6 is 0 Å². The summed E-state index contributed by atoms with van der Waals surface area (Å²) < 4.78 is 1.93. The fraction of sp³-hybridized carbons (Fsp3) is 0.300. The lowest BCUT2D eigenvalue weighted by atomic mass is 9.89. The molecule has 1 amide bonds. The maximum Gasteiger partial charge on any atom is 0.265 e. The summed E-state index contributed by atoms with van der Waals surface area (Å²) in [7, 11) is 0. The third kappa shape index (κ3) is 2.39. The second kappa shape index (κ2) is 5.78. The van der Waals surface area contributed by atoms with Gasteiger partial charge in [0.2, 0.25) is 0 Å². The van der Waals surface area contributed by atoms with Gasteiger partial charge < -0.3 is 10.3 Å². The molecule has 0 unspecified atom stereocenters. The molecule has 2 aromatic heterocycles. The van der Waals surface area contributed by atoms with Gasteiger partial charge >= 0.3 is 0 Å². The Hall–Kier alpha value is -2.62. The minimum Gasteiger partial charge on any atom is -0.364 e. The standard InChI is InChI=1S/C20H23N3O/c1-11-12(2)14(4)17(15(5)13(11)3)10-23-18(19(21)24)9-16-7-6-8-22-20(16)23/h6-9H,10H2,1-5H3,(H2,21,24). The monoisotopic (exact) mass is 321 g/mol. The third-order valence-electron chi connectivity index (χ3n) is 5.38. The summed E-state index contributed by atoms with van der Waals surface area (Å²) in [6, 6.07) is 5.65. The number of hydrogen-bond donors (Lipinski definition) is 1. The van der Waals surface area contributed by atoms with E-state index in [0.29, 0.717) is 12.2 Å². The van der Waals surface area contributed by atoms with E-state index in [-0.39, 0.29) is 0 Å². The minimum absolute atomic E-state index is 0.427. The molecule has 0 atom stereocenters. The van der Waals surface area contributed by atoms with Crippen molar-refractivity contribution in [3.05, 3.63) is 63.5 Å². The molecule has 2 N–H and O–H groups in total. The predicted molar refractivity (Wildman–Crippen MR) is 97.5 cm³/mol. The first-order valence-corrected chi connectivity index (χ1v) is 8.12. The van der Waals surface area contributed by atoms with Crippen molar-refractivity contribution in [1.82, 2.24) is 9.55 Å². The van der Waals surface area contributed by atoms with Gasteiger partial charge in [-0.15, -0.1) is 0 Å². The molecule has 0 bridgehead atoms. The first kappa shape index (κ1) is 16.2. The second-order valence-electron chi connectivity index (χ2n) is 6.50. The number of nitrogens with zero attached hydrogens (tertiary/aromatic N) is 2. The number of amides is 1. The Morgan fingerprint density at radius 3 is 2.21 bits per heavy atom. The maximum atomic E-state index is 11.9. The Labute approximate surface area is 142 Å². The average molecular weight is 321 g/mol. The van der Waals surface area contributed by atoms with Crippen molar-refractivity contribution < 1.29 is 4.79 Å². The topological polar surface area (TPSA) is 60.9 Å². The van der Waals surface area contributed by atoms with Crippen molar-refractivity contribution in [3.63, 3.8) is 0 Å². The van der Waals surface area contributed by atoms with Crippen LogP contribution in [0.1, 0.15) is 43.9 Å². The lowest BCUT2D eigenvalue weighted by Gasteiger charge is -2.20. The summed E-state index contributed by atoms with van der Waals surface area (Å²) in [5.41, 5.74) is 14.6. The second-order valence-corrected chi connectivity index (χ2v) is 6.50. The van der Waals surface area contributed by atoms with E-state index in [1.807, 2.05) is 22.8 Å². The van der Waals surface area contributed by atoms with Crippen molar-refractivity contribution in [1.29, 1.82) is 0 Å². The van der Waals surface area contributed by atoms with E-state index in [1.54, 1.807) is 6.20 Å². The molecule has 0 aliphatic carbocycles. The number of aromatic nitrogens is 2. The number of pyridine rings is 1. The molecule has 4 heteroatoms. The number of fused-ring (bicyclic) bond motifs is 1. The van der Waals surface area contributed by atoms with Crippen LogP contribution in [0.2, 0.25) is 0 Å². The highest BCUT2D eigenvalue weighted by Gasteiger charge is 2.18. The summed E-state index contributed by atoms with van der Waals surface area (Å²) >= 11 is 0. The largest absolute Gasteiger partial charge is 0.364 e. The van der Waals surface area contributed by atoms with Crippen LogP contribution in [0.25, 0.3) is 11.0 Å². The van der Waals surface area contributed by atoms with Crippen LogP contribution in [-0.4, -0.2) is 15.5 Å². The van der Waals surface area contributed by atoms with E-state index >= 15 is 0 Å². The summed E-state index contributed by atoms with van der Waals surface area (Å²) in [4.78, 5) is 16.4. The van der Waals surface area contributed by atoms with E-state index in [4.69, 9.17) is 5.73 Å². The van der Waals surface area contributed by atoms with Gasteiger partial charge in [-0.05, 0) is 86.2 Å². The average Bonchev–Trinajstić information content (AvgIpc) is 2.94.